The quantitative estimate of drug-likeness (QED) is 0.851. The monoisotopic (exact) mass is 293 g/mol. The van der Waals surface area contributed by atoms with E-state index in [-0.39, 0.29) is 6.10 Å². The molecule has 1 heterocycles. The van der Waals surface area contributed by atoms with E-state index in [2.05, 4.69) is 34.5 Å². The largest absolute Gasteiger partial charge is 0.389 e. The number of thiophene rings is 1. The van der Waals surface area contributed by atoms with Gasteiger partial charge in [0.05, 0.1) is 18.8 Å². The van der Waals surface area contributed by atoms with Crippen molar-refractivity contribution < 1.29 is 9.84 Å². The van der Waals surface area contributed by atoms with E-state index in [0.29, 0.717) is 13.2 Å². The van der Waals surface area contributed by atoms with Crippen molar-refractivity contribution >= 4 is 21.4 Å². The summed E-state index contributed by atoms with van der Waals surface area (Å²) in [5.74, 6) is 0. The highest BCUT2D eigenvalue weighted by atomic mass is 32.1. The molecule has 4 heteroatoms. The Labute approximate surface area is 124 Å². The van der Waals surface area contributed by atoms with E-state index in [9.17, 15) is 5.11 Å². The van der Waals surface area contributed by atoms with Gasteiger partial charge in [-0.3, -0.25) is 4.90 Å². The van der Waals surface area contributed by atoms with Crippen molar-refractivity contribution in [3.8, 4) is 0 Å². The number of likely N-dealkylation sites (N-methyl/N-ethyl adjacent to an activating group) is 1. The smallest absolute Gasteiger partial charge is 0.0900 e. The molecular weight excluding hydrogens is 270 g/mol. The maximum absolute atomic E-state index is 9.95. The fraction of sp³-hybridized carbons (Fsp3) is 0.500. The first-order valence-electron chi connectivity index (χ1n) is 6.99. The molecule has 1 unspecified atom stereocenters. The molecule has 110 valence electrons. The Balaban J connectivity index is 1.89. The summed E-state index contributed by atoms with van der Waals surface area (Å²) in [6, 6.07) is 8.45. The summed E-state index contributed by atoms with van der Waals surface area (Å²) in [6.07, 6.45) is -0.275. The highest BCUT2D eigenvalue weighted by Gasteiger charge is 2.11. The van der Waals surface area contributed by atoms with Gasteiger partial charge in [0.1, 0.15) is 0 Å². The van der Waals surface area contributed by atoms with E-state index in [1.807, 2.05) is 20.9 Å². The van der Waals surface area contributed by atoms with Crippen LogP contribution in [0.2, 0.25) is 0 Å². The van der Waals surface area contributed by atoms with Crippen LogP contribution in [0.15, 0.2) is 29.6 Å². The second kappa shape index (κ2) is 7.18. The lowest BCUT2D eigenvalue weighted by atomic mass is 10.1. The normalized spacial score (nSPS) is 13.5. The van der Waals surface area contributed by atoms with Crippen LogP contribution in [0, 0.1) is 0 Å². The summed E-state index contributed by atoms with van der Waals surface area (Å²) in [7, 11) is 2.03. The van der Waals surface area contributed by atoms with Crippen molar-refractivity contribution in [2.75, 3.05) is 20.2 Å². The minimum absolute atomic E-state index is 0.163. The van der Waals surface area contributed by atoms with Gasteiger partial charge in [-0.25, -0.2) is 0 Å². The first-order valence-corrected chi connectivity index (χ1v) is 7.87. The van der Waals surface area contributed by atoms with Crippen molar-refractivity contribution in [2.24, 2.45) is 0 Å². The zero-order valence-corrected chi connectivity index (χ0v) is 13.2. The SMILES string of the molecule is CC(C)OCC(O)CN(C)Cc1csc2ccccc12. The van der Waals surface area contributed by atoms with Crippen LogP contribution in [0.25, 0.3) is 10.1 Å². The van der Waals surface area contributed by atoms with E-state index in [0.717, 1.165) is 6.54 Å². The molecule has 2 aromatic rings. The Kier molecular flexibility index (Phi) is 5.54. The van der Waals surface area contributed by atoms with Crippen LogP contribution in [-0.4, -0.2) is 42.4 Å². The summed E-state index contributed by atoms with van der Waals surface area (Å²) < 4.78 is 6.75. The predicted molar refractivity (Wildman–Crippen MR) is 85.3 cm³/mol. The van der Waals surface area contributed by atoms with Crippen molar-refractivity contribution in [3.63, 3.8) is 0 Å². The average Bonchev–Trinajstić information content (AvgIpc) is 2.80. The maximum atomic E-state index is 9.95. The zero-order valence-electron chi connectivity index (χ0n) is 12.4. The van der Waals surface area contributed by atoms with Gasteiger partial charge in [0.15, 0.2) is 0 Å². The molecule has 0 saturated carbocycles. The third-order valence-electron chi connectivity index (χ3n) is 3.15. The molecule has 0 saturated heterocycles. The summed E-state index contributed by atoms with van der Waals surface area (Å²) in [6.45, 7) is 5.83. The summed E-state index contributed by atoms with van der Waals surface area (Å²) in [4.78, 5) is 2.14. The van der Waals surface area contributed by atoms with Crippen LogP contribution >= 0.6 is 11.3 Å². The fourth-order valence-corrected chi connectivity index (χ4v) is 3.18. The first kappa shape index (κ1) is 15.4. The van der Waals surface area contributed by atoms with Crippen molar-refractivity contribution in [1.29, 1.82) is 0 Å². The molecule has 0 aliphatic rings. The van der Waals surface area contributed by atoms with Gasteiger partial charge in [0, 0.05) is 17.8 Å². The number of hydrogen-bond donors (Lipinski definition) is 1. The minimum Gasteiger partial charge on any atom is -0.389 e. The Morgan fingerprint density at radius 2 is 2.05 bits per heavy atom. The Morgan fingerprint density at radius 3 is 2.80 bits per heavy atom. The maximum Gasteiger partial charge on any atom is 0.0900 e. The van der Waals surface area contributed by atoms with E-state index in [1.54, 1.807) is 11.3 Å². The van der Waals surface area contributed by atoms with E-state index >= 15 is 0 Å². The molecule has 20 heavy (non-hydrogen) atoms. The molecular formula is C16H23NO2S. The molecule has 1 aromatic heterocycles. The lowest BCUT2D eigenvalue weighted by Gasteiger charge is -2.21. The van der Waals surface area contributed by atoms with E-state index < -0.39 is 6.10 Å². The first-order chi connectivity index (χ1) is 9.56. The van der Waals surface area contributed by atoms with Crippen LogP contribution in [0.3, 0.4) is 0 Å². The topological polar surface area (TPSA) is 32.7 Å². The van der Waals surface area contributed by atoms with Gasteiger partial charge in [-0.15, -0.1) is 11.3 Å². The van der Waals surface area contributed by atoms with Crippen molar-refractivity contribution in [1.82, 2.24) is 4.90 Å². The molecule has 0 amide bonds. The van der Waals surface area contributed by atoms with Crippen molar-refractivity contribution in [3.05, 3.63) is 35.2 Å². The second-order valence-electron chi connectivity index (χ2n) is 5.49. The Hall–Kier alpha value is -0.940. The number of ether oxygens (including phenoxy) is 1. The summed E-state index contributed by atoms with van der Waals surface area (Å²) in [5, 5.41) is 13.5. The van der Waals surface area contributed by atoms with Gasteiger partial charge in [0.25, 0.3) is 0 Å². The summed E-state index contributed by atoms with van der Waals surface area (Å²) in [5.41, 5.74) is 1.32. The molecule has 2 rings (SSSR count). The number of hydrogen-bond acceptors (Lipinski definition) is 4. The third-order valence-corrected chi connectivity index (χ3v) is 4.16. The van der Waals surface area contributed by atoms with Crippen LogP contribution in [0.4, 0.5) is 0 Å². The minimum atomic E-state index is -0.438. The molecule has 1 atom stereocenters. The highest BCUT2D eigenvalue weighted by molar-refractivity contribution is 7.17. The van der Waals surface area contributed by atoms with Gasteiger partial charge in [-0.2, -0.15) is 0 Å². The van der Waals surface area contributed by atoms with E-state index in [1.165, 1.54) is 15.6 Å². The molecule has 3 nitrogen and oxygen atoms in total. The average molecular weight is 293 g/mol. The second-order valence-corrected chi connectivity index (χ2v) is 6.40. The number of rotatable bonds is 7. The standard InChI is InChI=1S/C16H23NO2S/c1-12(2)19-10-14(18)9-17(3)8-13-11-20-16-7-5-4-6-15(13)16/h4-7,11-12,14,18H,8-10H2,1-3H3. The molecule has 1 aromatic carbocycles. The molecule has 0 fully saturated rings. The van der Waals surface area contributed by atoms with Crippen LogP contribution < -0.4 is 0 Å². The number of benzene rings is 1. The molecule has 0 spiro atoms. The van der Waals surface area contributed by atoms with E-state index in [4.69, 9.17) is 4.74 Å². The molecule has 0 aliphatic carbocycles. The third kappa shape index (κ3) is 4.28. The van der Waals surface area contributed by atoms with Gasteiger partial charge in [-0.1, -0.05) is 18.2 Å². The molecule has 0 bridgehead atoms. The number of nitrogens with zero attached hydrogens (tertiary/aromatic N) is 1. The number of fused-ring (bicyclic) bond motifs is 1. The Bertz CT molecular complexity index is 538. The fourth-order valence-electron chi connectivity index (χ4n) is 2.23. The predicted octanol–water partition coefficient (Wildman–Crippen LogP) is 3.12. The van der Waals surface area contributed by atoms with Crippen LogP contribution in [-0.2, 0) is 11.3 Å². The lowest BCUT2D eigenvalue weighted by Crippen LogP contribution is -2.32. The number of aliphatic hydroxyl groups excluding tert-OH is 1. The van der Waals surface area contributed by atoms with Gasteiger partial charge in [-0.05, 0) is 43.3 Å². The van der Waals surface area contributed by atoms with Gasteiger partial charge in [0.2, 0.25) is 0 Å². The van der Waals surface area contributed by atoms with Crippen LogP contribution in [0.1, 0.15) is 19.4 Å². The number of aliphatic hydroxyl groups is 1. The van der Waals surface area contributed by atoms with Gasteiger partial charge < -0.3 is 9.84 Å². The molecule has 1 N–H and O–H groups in total. The molecule has 0 aliphatic heterocycles. The van der Waals surface area contributed by atoms with Gasteiger partial charge >= 0.3 is 0 Å². The van der Waals surface area contributed by atoms with Crippen molar-refractivity contribution in [2.45, 2.75) is 32.6 Å². The highest BCUT2D eigenvalue weighted by Crippen LogP contribution is 2.26. The lowest BCUT2D eigenvalue weighted by molar-refractivity contribution is -0.00630. The zero-order chi connectivity index (χ0) is 14.5. The summed E-state index contributed by atoms with van der Waals surface area (Å²) >= 11 is 1.78. The van der Waals surface area contributed by atoms with Crippen LogP contribution in [0.5, 0.6) is 0 Å². The molecule has 0 radical (unpaired) electrons. The Morgan fingerprint density at radius 1 is 1.30 bits per heavy atom.